The van der Waals surface area contributed by atoms with E-state index in [9.17, 15) is 5.11 Å². The molecule has 140 valence electrons. The molecule has 1 N–H and O–H groups in total. The minimum absolute atomic E-state index is 0.0775. The van der Waals surface area contributed by atoms with Gasteiger partial charge in [0.25, 0.3) is 0 Å². The van der Waals surface area contributed by atoms with E-state index < -0.39 is 0 Å². The fourth-order valence-corrected chi connectivity index (χ4v) is 7.89. The van der Waals surface area contributed by atoms with Crippen molar-refractivity contribution in [1.82, 2.24) is 4.98 Å². The number of allylic oxidation sites excluding steroid dienone is 2. The van der Waals surface area contributed by atoms with Crippen LogP contribution in [-0.2, 0) is 0 Å². The molecule has 2 unspecified atom stereocenters. The van der Waals surface area contributed by atoms with Gasteiger partial charge < -0.3 is 5.11 Å². The molecule has 0 radical (unpaired) electrons. The van der Waals surface area contributed by atoms with E-state index in [-0.39, 0.29) is 11.5 Å². The van der Waals surface area contributed by atoms with Crippen molar-refractivity contribution in [2.45, 2.75) is 71.3 Å². The zero-order valence-corrected chi connectivity index (χ0v) is 16.3. The monoisotopic (exact) mass is 351 g/mol. The van der Waals surface area contributed by atoms with Gasteiger partial charge in [0.05, 0.1) is 6.10 Å². The molecule has 0 aliphatic heterocycles. The second-order valence-corrected chi connectivity index (χ2v) is 10.1. The van der Waals surface area contributed by atoms with Crippen LogP contribution in [0.25, 0.3) is 5.57 Å². The van der Waals surface area contributed by atoms with Crippen molar-refractivity contribution in [2.24, 2.45) is 34.5 Å². The summed E-state index contributed by atoms with van der Waals surface area (Å²) < 4.78 is 0. The van der Waals surface area contributed by atoms with Crippen molar-refractivity contribution in [3.8, 4) is 0 Å². The Balaban J connectivity index is 1.48. The molecule has 3 saturated carbocycles. The highest BCUT2D eigenvalue weighted by Crippen LogP contribution is 2.67. The summed E-state index contributed by atoms with van der Waals surface area (Å²) in [6.07, 6.45) is 16.5. The van der Waals surface area contributed by atoms with Gasteiger partial charge in [-0.2, -0.15) is 0 Å². The van der Waals surface area contributed by atoms with Crippen LogP contribution in [0.5, 0.6) is 0 Å². The number of hydrogen-bond acceptors (Lipinski definition) is 2. The van der Waals surface area contributed by atoms with E-state index in [1.165, 1.54) is 56.1 Å². The van der Waals surface area contributed by atoms with Gasteiger partial charge in [-0.15, -0.1) is 0 Å². The Labute approximate surface area is 158 Å². The molecule has 1 aromatic rings. The van der Waals surface area contributed by atoms with E-state index in [0.717, 1.165) is 12.3 Å². The molecular formula is C24H33NO. The van der Waals surface area contributed by atoms with Gasteiger partial charge in [0, 0.05) is 12.4 Å². The molecule has 4 aliphatic carbocycles. The van der Waals surface area contributed by atoms with Gasteiger partial charge in [0.2, 0.25) is 0 Å². The average molecular weight is 352 g/mol. The molecule has 0 saturated heterocycles. The topological polar surface area (TPSA) is 33.1 Å². The second-order valence-electron chi connectivity index (χ2n) is 10.1. The lowest BCUT2D eigenvalue weighted by molar-refractivity contribution is -0.148. The largest absolute Gasteiger partial charge is 0.393 e. The number of hydrogen-bond donors (Lipinski definition) is 1. The van der Waals surface area contributed by atoms with Gasteiger partial charge >= 0.3 is 0 Å². The van der Waals surface area contributed by atoms with Crippen LogP contribution in [0.15, 0.2) is 30.6 Å². The van der Waals surface area contributed by atoms with Crippen LogP contribution in [0.1, 0.15) is 70.8 Å². The number of aliphatic hydroxyl groups excluding tert-OH is 1. The number of fused-ring (bicyclic) bond motifs is 5. The smallest absolute Gasteiger partial charge is 0.0576 e. The third-order valence-electron chi connectivity index (χ3n) is 9.14. The molecule has 0 amide bonds. The zero-order chi connectivity index (χ0) is 17.9. The van der Waals surface area contributed by atoms with Crippen LogP contribution in [0.2, 0.25) is 0 Å². The first-order valence-corrected chi connectivity index (χ1v) is 10.8. The quantitative estimate of drug-likeness (QED) is 0.727. The summed E-state index contributed by atoms with van der Waals surface area (Å²) in [5.74, 6) is 2.75. The fraction of sp³-hybridized carbons (Fsp3) is 0.708. The van der Waals surface area contributed by atoms with Crippen molar-refractivity contribution in [3.05, 3.63) is 36.2 Å². The van der Waals surface area contributed by atoms with E-state index >= 15 is 0 Å². The lowest BCUT2D eigenvalue weighted by Gasteiger charge is -2.61. The van der Waals surface area contributed by atoms with Crippen LogP contribution >= 0.6 is 0 Å². The highest BCUT2D eigenvalue weighted by atomic mass is 16.3. The Morgan fingerprint density at radius 1 is 1.08 bits per heavy atom. The molecular weight excluding hydrogens is 318 g/mol. The van der Waals surface area contributed by atoms with Crippen molar-refractivity contribution in [1.29, 1.82) is 0 Å². The molecule has 3 fully saturated rings. The minimum Gasteiger partial charge on any atom is -0.393 e. The zero-order valence-electron chi connectivity index (χ0n) is 16.3. The van der Waals surface area contributed by atoms with E-state index in [1.54, 1.807) is 0 Å². The van der Waals surface area contributed by atoms with Gasteiger partial charge in [-0.3, -0.25) is 4.98 Å². The SMILES string of the molecule is C[C@]12CCCCC1C(O)C[C@@H]1[C@@H]2CC[C@]2(C)C(c3cccnc3)=CC[C@@H]12. The minimum atomic E-state index is -0.0775. The number of aromatic nitrogens is 1. The molecule has 1 aromatic heterocycles. The molecule has 0 aromatic carbocycles. The summed E-state index contributed by atoms with van der Waals surface area (Å²) in [7, 11) is 0. The van der Waals surface area contributed by atoms with Crippen LogP contribution in [0, 0.1) is 34.5 Å². The molecule has 2 heteroatoms. The van der Waals surface area contributed by atoms with Gasteiger partial charge in [0.15, 0.2) is 0 Å². The molecule has 5 rings (SSSR count). The van der Waals surface area contributed by atoms with E-state index in [0.29, 0.717) is 23.2 Å². The highest BCUT2D eigenvalue weighted by Gasteiger charge is 2.60. The van der Waals surface area contributed by atoms with Crippen molar-refractivity contribution < 1.29 is 5.11 Å². The van der Waals surface area contributed by atoms with Gasteiger partial charge in [-0.25, -0.2) is 0 Å². The van der Waals surface area contributed by atoms with E-state index in [1.807, 2.05) is 12.4 Å². The number of pyridine rings is 1. The van der Waals surface area contributed by atoms with Crippen LogP contribution in [0.4, 0.5) is 0 Å². The first-order chi connectivity index (χ1) is 12.5. The summed E-state index contributed by atoms with van der Waals surface area (Å²) in [6, 6.07) is 4.29. The lowest BCUT2D eigenvalue weighted by Crippen LogP contribution is -2.56. The summed E-state index contributed by atoms with van der Waals surface area (Å²) in [5.41, 5.74) is 3.48. The first-order valence-electron chi connectivity index (χ1n) is 10.8. The second kappa shape index (κ2) is 5.92. The summed E-state index contributed by atoms with van der Waals surface area (Å²) >= 11 is 0. The van der Waals surface area contributed by atoms with Crippen molar-refractivity contribution in [2.75, 3.05) is 0 Å². The predicted molar refractivity (Wildman–Crippen MR) is 105 cm³/mol. The number of rotatable bonds is 1. The molecule has 0 bridgehead atoms. The first kappa shape index (κ1) is 17.0. The maximum Gasteiger partial charge on any atom is 0.0576 e. The Kier molecular flexibility index (Phi) is 3.87. The Bertz CT molecular complexity index is 712. The Hall–Kier alpha value is -1.15. The molecule has 0 spiro atoms. The van der Waals surface area contributed by atoms with Gasteiger partial charge in [0.1, 0.15) is 0 Å². The van der Waals surface area contributed by atoms with Crippen LogP contribution in [-0.4, -0.2) is 16.2 Å². The highest BCUT2D eigenvalue weighted by molar-refractivity contribution is 5.72. The normalized spacial score (nSPS) is 47.5. The van der Waals surface area contributed by atoms with Gasteiger partial charge in [-0.1, -0.05) is 38.8 Å². The Morgan fingerprint density at radius 2 is 1.96 bits per heavy atom. The van der Waals surface area contributed by atoms with E-state index in [2.05, 4.69) is 37.0 Å². The average Bonchev–Trinajstić information content (AvgIpc) is 3.00. The van der Waals surface area contributed by atoms with Gasteiger partial charge in [-0.05, 0) is 90.2 Å². The molecule has 26 heavy (non-hydrogen) atoms. The summed E-state index contributed by atoms with van der Waals surface area (Å²) in [6.45, 7) is 5.03. The third kappa shape index (κ3) is 2.24. The standard InChI is InChI=1S/C24H33NO/c1-23-11-4-3-7-21(23)22(26)14-17-19-9-8-18(16-6-5-13-25-15-16)24(19,2)12-10-20(17)23/h5-6,8,13,15,17,19-22,26H,3-4,7,9-12,14H2,1-2H3/t17-,19-,20-,21?,22?,23+,24+/m0/s1. The lowest BCUT2D eigenvalue weighted by atomic mass is 9.44. The molecule has 1 heterocycles. The van der Waals surface area contributed by atoms with Crippen LogP contribution < -0.4 is 0 Å². The molecule has 2 nitrogen and oxygen atoms in total. The molecule has 4 aliphatic rings. The van der Waals surface area contributed by atoms with Crippen molar-refractivity contribution in [3.63, 3.8) is 0 Å². The fourth-order valence-electron chi connectivity index (χ4n) is 7.89. The van der Waals surface area contributed by atoms with E-state index in [4.69, 9.17) is 0 Å². The Morgan fingerprint density at radius 3 is 2.77 bits per heavy atom. The summed E-state index contributed by atoms with van der Waals surface area (Å²) in [4.78, 5) is 4.38. The maximum absolute atomic E-state index is 11.1. The predicted octanol–water partition coefficient (Wildman–Crippen LogP) is 5.48. The number of aliphatic hydroxyl groups is 1. The molecule has 7 atom stereocenters. The van der Waals surface area contributed by atoms with Crippen LogP contribution in [0.3, 0.4) is 0 Å². The van der Waals surface area contributed by atoms with Crippen molar-refractivity contribution >= 4 is 5.57 Å². The number of nitrogens with zero attached hydrogens (tertiary/aromatic N) is 1. The maximum atomic E-state index is 11.1. The summed E-state index contributed by atoms with van der Waals surface area (Å²) in [5, 5.41) is 11.1. The third-order valence-corrected chi connectivity index (χ3v) is 9.14.